The first-order valence-electron chi connectivity index (χ1n) is 3.94. The fraction of sp³-hybridized carbons (Fsp3) is 0.111. The van der Waals surface area contributed by atoms with E-state index in [0.29, 0.717) is 10.7 Å². The number of hydrogen-bond donors (Lipinski definition) is 1. The van der Waals surface area contributed by atoms with Gasteiger partial charge in [0.05, 0.1) is 12.1 Å². The number of aromatic nitrogens is 2. The number of carbonyl (C=O) groups excluding carboxylic acids is 1. The van der Waals surface area contributed by atoms with Gasteiger partial charge >= 0.3 is 5.97 Å². The van der Waals surface area contributed by atoms with Crippen LogP contribution < -0.4 is 0 Å². The van der Waals surface area contributed by atoms with Crippen LogP contribution in [0, 0.1) is 0 Å². The maximum Gasteiger partial charge on any atom is 0.356 e. The summed E-state index contributed by atoms with van der Waals surface area (Å²) in [6.45, 7) is 0. The molecule has 5 heteroatoms. The summed E-state index contributed by atoms with van der Waals surface area (Å²) in [6.07, 6.45) is 1.63. The molecule has 0 unspecified atom stereocenters. The van der Waals surface area contributed by atoms with Crippen LogP contribution in [-0.2, 0) is 4.74 Å². The largest absolute Gasteiger partial charge is 0.464 e. The second kappa shape index (κ2) is 3.31. The van der Waals surface area contributed by atoms with Crippen molar-refractivity contribution in [2.24, 2.45) is 0 Å². The minimum atomic E-state index is -0.461. The Balaban J connectivity index is 2.57. The Morgan fingerprint density at radius 1 is 1.57 bits per heavy atom. The third kappa shape index (κ3) is 1.33. The lowest BCUT2D eigenvalue weighted by Crippen LogP contribution is -2.03. The molecule has 4 nitrogen and oxygen atoms in total. The summed E-state index contributed by atoms with van der Waals surface area (Å²) in [5.41, 5.74) is 0.844. The molecule has 0 spiro atoms. The van der Waals surface area contributed by atoms with Gasteiger partial charge < -0.3 is 9.72 Å². The van der Waals surface area contributed by atoms with Crippen LogP contribution >= 0.6 is 11.6 Å². The third-order valence-electron chi connectivity index (χ3n) is 1.88. The lowest BCUT2D eigenvalue weighted by atomic mass is 10.3. The van der Waals surface area contributed by atoms with Gasteiger partial charge in [0.15, 0.2) is 5.69 Å². The molecule has 2 heterocycles. The second-order valence-electron chi connectivity index (χ2n) is 2.72. The predicted octanol–water partition coefficient (Wildman–Crippen LogP) is 2.00. The van der Waals surface area contributed by atoms with Crippen molar-refractivity contribution in [1.29, 1.82) is 0 Å². The number of halogens is 1. The van der Waals surface area contributed by atoms with Crippen LogP contribution in [0.25, 0.3) is 11.0 Å². The number of H-pyrrole nitrogens is 1. The minimum absolute atomic E-state index is 0.263. The first kappa shape index (κ1) is 9.02. The van der Waals surface area contributed by atoms with Crippen LogP contribution in [-0.4, -0.2) is 23.0 Å². The summed E-state index contributed by atoms with van der Waals surface area (Å²) in [5.74, 6) is -0.461. The first-order chi connectivity index (χ1) is 6.72. The van der Waals surface area contributed by atoms with E-state index in [1.165, 1.54) is 7.11 Å². The summed E-state index contributed by atoms with van der Waals surface area (Å²) in [7, 11) is 1.32. The van der Waals surface area contributed by atoms with Gasteiger partial charge in [0.25, 0.3) is 0 Å². The summed E-state index contributed by atoms with van der Waals surface area (Å²) in [5, 5.41) is 1.38. The summed E-state index contributed by atoms with van der Waals surface area (Å²) in [4.78, 5) is 18.0. The maximum atomic E-state index is 11.1. The van der Waals surface area contributed by atoms with E-state index < -0.39 is 5.97 Å². The van der Waals surface area contributed by atoms with Gasteiger partial charge in [0.2, 0.25) is 0 Å². The number of pyridine rings is 1. The number of ether oxygens (including phenoxy) is 1. The molecule has 0 aliphatic carbocycles. The van der Waals surface area contributed by atoms with E-state index in [2.05, 4.69) is 14.7 Å². The number of hydrogen-bond acceptors (Lipinski definition) is 3. The van der Waals surface area contributed by atoms with Crippen molar-refractivity contribution in [3.63, 3.8) is 0 Å². The molecule has 14 heavy (non-hydrogen) atoms. The zero-order valence-electron chi connectivity index (χ0n) is 7.37. The summed E-state index contributed by atoms with van der Waals surface area (Å²) in [6, 6.07) is 3.31. The first-order valence-corrected chi connectivity index (χ1v) is 4.32. The molecule has 2 aromatic rings. The third-order valence-corrected chi connectivity index (χ3v) is 2.20. The van der Waals surface area contributed by atoms with Crippen molar-refractivity contribution in [2.45, 2.75) is 0 Å². The smallest absolute Gasteiger partial charge is 0.356 e. The molecule has 2 rings (SSSR count). The summed E-state index contributed by atoms with van der Waals surface area (Å²) < 4.78 is 4.54. The van der Waals surface area contributed by atoms with E-state index in [1.807, 2.05) is 0 Å². The fourth-order valence-electron chi connectivity index (χ4n) is 1.19. The van der Waals surface area contributed by atoms with Crippen molar-refractivity contribution in [2.75, 3.05) is 7.11 Å². The number of nitrogens with zero attached hydrogens (tertiary/aromatic N) is 1. The molecule has 0 aromatic carbocycles. The Bertz CT molecular complexity index is 493. The van der Waals surface area contributed by atoms with Crippen molar-refractivity contribution < 1.29 is 9.53 Å². The number of nitrogens with one attached hydrogen (secondary N) is 1. The molecule has 0 atom stereocenters. The van der Waals surface area contributed by atoms with Gasteiger partial charge in [0.1, 0.15) is 5.65 Å². The van der Waals surface area contributed by atoms with Crippen molar-refractivity contribution >= 4 is 28.6 Å². The van der Waals surface area contributed by atoms with Crippen LogP contribution in [0.5, 0.6) is 0 Å². The van der Waals surface area contributed by atoms with E-state index in [4.69, 9.17) is 11.6 Å². The highest BCUT2D eigenvalue weighted by Gasteiger charge is 2.09. The van der Waals surface area contributed by atoms with Crippen molar-refractivity contribution in [3.05, 3.63) is 29.0 Å². The molecule has 72 valence electrons. The van der Waals surface area contributed by atoms with Crippen LogP contribution in [0.1, 0.15) is 10.5 Å². The van der Waals surface area contributed by atoms with Gasteiger partial charge in [-0.3, -0.25) is 0 Å². The monoisotopic (exact) mass is 210 g/mol. The number of fused-ring (bicyclic) bond motifs is 1. The standard InChI is InChI=1S/C9H7ClN2O2/c1-14-9(13)7-3-2-5-6(10)4-11-8(5)12-7/h2-4H,1H3,(H,11,12). The van der Waals surface area contributed by atoms with Crippen LogP contribution in [0.15, 0.2) is 18.3 Å². The zero-order chi connectivity index (χ0) is 10.1. The van der Waals surface area contributed by atoms with E-state index >= 15 is 0 Å². The zero-order valence-corrected chi connectivity index (χ0v) is 8.13. The van der Waals surface area contributed by atoms with Crippen molar-refractivity contribution in [1.82, 2.24) is 9.97 Å². The molecular formula is C9H7ClN2O2. The average molecular weight is 211 g/mol. The van der Waals surface area contributed by atoms with Gasteiger partial charge in [-0.25, -0.2) is 9.78 Å². The molecule has 0 fully saturated rings. The number of rotatable bonds is 1. The lowest BCUT2D eigenvalue weighted by Gasteiger charge is -1.97. The topological polar surface area (TPSA) is 55.0 Å². The average Bonchev–Trinajstić information content (AvgIpc) is 2.59. The molecule has 0 aliphatic heterocycles. The van der Waals surface area contributed by atoms with Crippen LogP contribution in [0.2, 0.25) is 5.02 Å². The molecule has 2 aromatic heterocycles. The Labute approximate surface area is 84.9 Å². The maximum absolute atomic E-state index is 11.1. The molecule has 0 radical (unpaired) electrons. The highest BCUT2D eigenvalue weighted by Crippen LogP contribution is 2.21. The molecular weight excluding hydrogens is 204 g/mol. The van der Waals surface area contributed by atoms with E-state index in [1.54, 1.807) is 18.3 Å². The summed E-state index contributed by atoms with van der Waals surface area (Å²) >= 11 is 5.85. The lowest BCUT2D eigenvalue weighted by molar-refractivity contribution is 0.0594. The van der Waals surface area contributed by atoms with Gasteiger partial charge in [-0.05, 0) is 12.1 Å². The highest BCUT2D eigenvalue weighted by molar-refractivity contribution is 6.35. The SMILES string of the molecule is COC(=O)c1ccc2c(Cl)c[nH]c2n1. The van der Waals surface area contributed by atoms with E-state index in [9.17, 15) is 4.79 Å². The Kier molecular flexibility index (Phi) is 2.13. The molecule has 0 saturated carbocycles. The number of methoxy groups -OCH3 is 1. The second-order valence-corrected chi connectivity index (χ2v) is 3.13. The molecule has 0 saturated heterocycles. The highest BCUT2D eigenvalue weighted by atomic mass is 35.5. The number of aromatic amines is 1. The van der Waals surface area contributed by atoms with Gasteiger partial charge in [-0.15, -0.1) is 0 Å². The van der Waals surface area contributed by atoms with Crippen molar-refractivity contribution in [3.8, 4) is 0 Å². The Hall–Kier alpha value is -1.55. The molecule has 1 N–H and O–H groups in total. The van der Waals surface area contributed by atoms with E-state index in [0.717, 1.165) is 5.39 Å². The van der Waals surface area contributed by atoms with E-state index in [-0.39, 0.29) is 5.69 Å². The number of esters is 1. The quantitative estimate of drug-likeness (QED) is 0.733. The normalized spacial score (nSPS) is 10.4. The number of carbonyl (C=O) groups is 1. The Morgan fingerprint density at radius 2 is 2.36 bits per heavy atom. The van der Waals surface area contributed by atoms with Gasteiger partial charge in [-0.1, -0.05) is 11.6 Å². The molecule has 0 amide bonds. The predicted molar refractivity (Wildman–Crippen MR) is 52.4 cm³/mol. The van der Waals surface area contributed by atoms with Gasteiger partial charge in [-0.2, -0.15) is 0 Å². The van der Waals surface area contributed by atoms with Crippen LogP contribution in [0.4, 0.5) is 0 Å². The fourth-order valence-corrected chi connectivity index (χ4v) is 1.40. The molecule has 0 bridgehead atoms. The van der Waals surface area contributed by atoms with Crippen LogP contribution in [0.3, 0.4) is 0 Å². The minimum Gasteiger partial charge on any atom is -0.464 e. The van der Waals surface area contributed by atoms with Gasteiger partial charge in [0, 0.05) is 11.6 Å². The molecule has 0 aliphatic rings. The Morgan fingerprint density at radius 3 is 3.07 bits per heavy atom.